The standard InChI is InChI=1S/C27H25N3O8/c1-16(31)18-6-5-7-20(12-18)28-27(33)22(29-26(32)17-8-10-21(36-2)11-9-17)13-19-14-24(37-3)25(38-4)15-23(19)30(34)35/h5-15H,1-4H3,(H,28,33)(H,29,32). The van der Waals surface area contributed by atoms with Crippen molar-refractivity contribution in [1.29, 1.82) is 0 Å². The Hall–Kier alpha value is -5.19. The Kier molecular flexibility index (Phi) is 8.78. The highest BCUT2D eigenvalue weighted by atomic mass is 16.6. The lowest BCUT2D eigenvalue weighted by molar-refractivity contribution is -0.385. The summed E-state index contributed by atoms with van der Waals surface area (Å²) in [7, 11) is 4.18. The minimum atomic E-state index is -0.781. The van der Waals surface area contributed by atoms with Crippen molar-refractivity contribution in [3.05, 3.63) is 93.2 Å². The smallest absolute Gasteiger partial charge is 0.280 e. The van der Waals surface area contributed by atoms with Crippen molar-refractivity contribution < 1.29 is 33.5 Å². The summed E-state index contributed by atoms with van der Waals surface area (Å²) in [5.41, 5.74) is 0.162. The molecule has 0 aromatic heterocycles. The molecule has 11 heteroatoms. The number of nitro groups is 1. The summed E-state index contributed by atoms with van der Waals surface area (Å²) in [4.78, 5) is 49.2. The fourth-order valence-corrected chi connectivity index (χ4v) is 3.42. The van der Waals surface area contributed by atoms with E-state index in [1.54, 1.807) is 30.3 Å². The fourth-order valence-electron chi connectivity index (χ4n) is 3.42. The van der Waals surface area contributed by atoms with Crippen LogP contribution in [-0.4, -0.2) is 43.9 Å². The maximum Gasteiger partial charge on any atom is 0.280 e. The van der Waals surface area contributed by atoms with Crippen LogP contribution in [0, 0.1) is 10.1 Å². The Morgan fingerprint density at radius 1 is 0.868 bits per heavy atom. The Morgan fingerprint density at radius 3 is 2.11 bits per heavy atom. The molecule has 11 nitrogen and oxygen atoms in total. The van der Waals surface area contributed by atoms with E-state index in [9.17, 15) is 24.5 Å². The lowest BCUT2D eigenvalue weighted by Gasteiger charge is -2.13. The number of rotatable bonds is 10. The van der Waals surface area contributed by atoms with Gasteiger partial charge in [-0.2, -0.15) is 0 Å². The molecule has 3 aromatic rings. The van der Waals surface area contributed by atoms with Gasteiger partial charge in [0.15, 0.2) is 17.3 Å². The summed E-state index contributed by atoms with van der Waals surface area (Å²) >= 11 is 0. The number of carbonyl (C=O) groups is 3. The van der Waals surface area contributed by atoms with Crippen LogP contribution in [-0.2, 0) is 4.79 Å². The molecule has 196 valence electrons. The molecule has 0 fully saturated rings. The first-order valence-corrected chi connectivity index (χ1v) is 11.2. The van der Waals surface area contributed by atoms with E-state index in [0.717, 1.165) is 12.1 Å². The van der Waals surface area contributed by atoms with Crippen LogP contribution in [0.4, 0.5) is 11.4 Å². The highest BCUT2D eigenvalue weighted by Crippen LogP contribution is 2.35. The number of ether oxygens (including phenoxy) is 3. The minimum absolute atomic E-state index is 0.0229. The van der Waals surface area contributed by atoms with Crippen molar-refractivity contribution in [2.24, 2.45) is 0 Å². The van der Waals surface area contributed by atoms with E-state index in [4.69, 9.17) is 14.2 Å². The molecule has 0 radical (unpaired) electrons. The van der Waals surface area contributed by atoms with Crippen molar-refractivity contribution in [1.82, 2.24) is 5.32 Å². The quantitative estimate of drug-likeness (QED) is 0.175. The van der Waals surface area contributed by atoms with E-state index in [1.807, 2.05) is 0 Å². The molecule has 2 N–H and O–H groups in total. The molecule has 3 rings (SSSR count). The lowest BCUT2D eigenvalue weighted by atomic mass is 10.1. The van der Waals surface area contributed by atoms with E-state index in [1.165, 1.54) is 52.5 Å². The van der Waals surface area contributed by atoms with Crippen LogP contribution in [0.1, 0.15) is 33.2 Å². The number of carbonyl (C=O) groups excluding carboxylic acids is 3. The zero-order valence-electron chi connectivity index (χ0n) is 21.1. The first kappa shape index (κ1) is 27.4. The van der Waals surface area contributed by atoms with Gasteiger partial charge < -0.3 is 24.8 Å². The molecule has 0 heterocycles. The second-order valence-electron chi connectivity index (χ2n) is 7.85. The number of Topliss-reactive ketones (excluding diaryl/α,β-unsaturated/α-hetero) is 1. The van der Waals surface area contributed by atoms with Gasteiger partial charge in [0.05, 0.1) is 37.9 Å². The van der Waals surface area contributed by atoms with Gasteiger partial charge in [0.2, 0.25) is 0 Å². The molecule has 0 unspecified atom stereocenters. The van der Waals surface area contributed by atoms with Crippen LogP contribution < -0.4 is 24.8 Å². The molecule has 0 spiro atoms. The van der Waals surface area contributed by atoms with Crippen LogP contribution in [0.5, 0.6) is 17.2 Å². The molecule has 38 heavy (non-hydrogen) atoms. The molecule has 0 bridgehead atoms. The average Bonchev–Trinajstić information content (AvgIpc) is 2.92. The number of amides is 2. The molecule has 3 aromatic carbocycles. The highest BCUT2D eigenvalue weighted by molar-refractivity contribution is 6.11. The number of anilines is 1. The predicted molar refractivity (Wildman–Crippen MR) is 140 cm³/mol. The van der Waals surface area contributed by atoms with Crippen LogP contribution in [0.3, 0.4) is 0 Å². The Morgan fingerprint density at radius 2 is 1.53 bits per heavy atom. The van der Waals surface area contributed by atoms with E-state index in [2.05, 4.69) is 10.6 Å². The number of nitro benzene ring substituents is 1. The first-order chi connectivity index (χ1) is 18.2. The normalized spacial score (nSPS) is 10.8. The van der Waals surface area contributed by atoms with Crippen LogP contribution in [0.2, 0.25) is 0 Å². The number of hydrogen-bond acceptors (Lipinski definition) is 8. The number of hydrogen-bond donors (Lipinski definition) is 2. The van der Waals surface area contributed by atoms with E-state index >= 15 is 0 Å². The Bertz CT molecular complexity index is 1410. The second kappa shape index (κ2) is 12.2. The lowest BCUT2D eigenvalue weighted by Crippen LogP contribution is -2.30. The van der Waals surface area contributed by atoms with E-state index in [0.29, 0.717) is 11.3 Å². The van der Waals surface area contributed by atoms with Crippen LogP contribution in [0.25, 0.3) is 6.08 Å². The largest absolute Gasteiger partial charge is 0.497 e. The minimum Gasteiger partial charge on any atom is -0.497 e. The molecule has 2 amide bonds. The summed E-state index contributed by atoms with van der Waals surface area (Å²) in [5.74, 6) is -0.802. The summed E-state index contributed by atoms with van der Waals surface area (Å²) in [5, 5.41) is 16.9. The Balaban J connectivity index is 2.07. The van der Waals surface area contributed by atoms with E-state index < -0.39 is 16.7 Å². The zero-order chi connectivity index (χ0) is 27.8. The van der Waals surface area contributed by atoms with Crippen molar-refractivity contribution >= 4 is 35.0 Å². The number of benzene rings is 3. The van der Waals surface area contributed by atoms with Gasteiger partial charge in [0.1, 0.15) is 11.4 Å². The van der Waals surface area contributed by atoms with Crippen molar-refractivity contribution in [3.8, 4) is 17.2 Å². The molecular weight excluding hydrogens is 494 g/mol. The third-order valence-corrected chi connectivity index (χ3v) is 5.40. The monoisotopic (exact) mass is 519 g/mol. The summed E-state index contributed by atoms with van der Waals surface area (Å²) in [6.07, 6.45) is 1.16. The predicted octanol–water partition coefficient (Wildman–Crippen LogP) is 4.23. The van der Waals surface area contributed by atoms with Crippen molar-refractivity contribution in [2.75, 3.05) is 26.6 Å². The molecule has 0 saturated heterocycles. The summed E-state index contributed by atoms with van der Waals surface area (Å²) < 4.78 is 15.5. The molecule has 0 aliphatic heterocycles. The molecule has 0 aliphatic rings. The Labute approximate surface area is 218 Å². The van der Waals surface area contributed by atoms with Crippen molar-refractivity contribution in [3.63, 3.8) is 0 Å². The number of methoxy groups -OCH3 is 3. The maximum atomic E-state index is 13.3. The topological polar surface area (TPSA) is 146 Å². The number of ketones is 1. The maximum absolute atomic E-state index is 13.3. The summed E-state index contributed by atoms with van der Waals surface area (Å²) in [6.45, 7) is 1.39. The SMILES string of the molecule is COc1ccc(C(=O)NC(=Cc2cc(OC)c(OC)cc2[N+](=O)[O-])C(=O)Nc2cccc(C(C)=O)c2)cc1. The van der Waals surface area contributed by atoms with Gasteiger partial charge in [-0.1, -0.05) is 12.1 Å². The molecular formula is C27H25N3O8. The first-order valence-electron chi connectivity index (χ1n) is 11.2. The average molecular weight is 520 g/mol. The van der Waals surface area contributed by atoms with Gasteiger partial charge >= 0.3 is 0 Å². The molecule has 0 aliphatic carbocycles. The van der Waals surface area contributed by atoms with Crippen molar-refractivity contribution in [2.45, 2.75) is 6.92 Å². The number of nitrogens with one attached hydrogen (secondary N) is 2. The zero-order valence-corrected chi connectivity index (χ0v) is 21.1. The summed E-state index contributed by atoms with van der Waals surface area (Å²) in [6, 6.07) is 14.8. The van der Waals surface area contributed by atoms with Gasteiger partial charge in [-0.25, -0.2) is 0 Å². The molecule has 0 saturated carbocycles. The van der Waals surface area contributed by atoms with Gasteiger partial charge in [-0.15, -0.1) is 0 Å². The van der Waals surface area contributed by atoms with Gasteiger partial charge in [0, 0.05) is 16.8 Å². The second-order valence-corrected chi connectivity index (χ2v) is 7.85. The van der Waals surface area contributed by atoms with Gasteiger partial charge in [-0.3, -0.25) is 24.5 Å². The van der Waals surface area contributed by atoms with Crippen LogP contribution in [0.15, 0.2) is 66.4 Å². The van der Waals surface area contributed by atoms with Gasteiger partial charge in [-0.05, 0) is 55.5 Å². The van der Waals surface area contributed by atoms with Crippen LogP contribution >= 0.6 is 0 Å². The van der Waals surface area contributed by atoms with Gasteiger partial charge in [0.25, 0.3) is 17.5 Å². The third-order valence-electron chi connectivity index (χ3n) is 5.40. The molecule has 0 atom stereocenters. The van der Waals surface area contributed by atoms with E-state index in [-0.39, 0.29) is 45.5 Å². The number of nitrogens with zero attached hydrogens (tertiary/aromatic N) is 1. The highest BCUT2D eigenvalue weighted by Gasteiger charge is 2.22. The third kappa shape index (κ3) is 6.52. The fraction of sp³-hybridized carbons (Fsp3) is 0.148.